The number of amides is 1. The molecule has 0 saturated carbocycles. The van der Waals surface area contributed by atoms with Crippen LogP contribution in [0.2, 0.25) is 0 Å². The number of esters is 1. The van der Waals surface area contributed by atoms with Gasteiger partial charge in [0.25, 0.3) is 0 Å². The van der Waals surface area contributed by atoms with Gasteiger partial charge in [-0.3, -0.25) is 4.79 Å². The molecule has 0 aliphatic carbocycles. The molecule has 0 aromatic heterocycles. The van der Waals surface area contributed by atoms with Gasteiger partial charge in [-0.15, -0.1) is 11.8 Å². The van der Waals surface area contributed by atoms with Crippen LogP contribution < -0.4 is 5.32 Å². The van der Waals surface area contributed by atoms with Gasteiger partial charge in [-0.25, -0.2) is 4.79 Å². The fourth-order valence-corrected chi connectivity index (χ4v) is 2.95. The number of carbonyl (C=O) groups is 2. The number of benzene rings is 2. The van der Waals surface area contributed by atoms with Gasteiger partial charge in [-0.2, -0.15) is 13.2 Å². The molecule has 28 heavy (non-hydrogen) atoms. The highest BCUT2D eigenvalue weighted by molar-refractivity contribution is 8.00. The monoisotopic (exact) mass is 411 g/mol. The van der Waals surface area contributed by atoms with E-state index < -0.39 is 17.7 Å². The zero-order chi connectivity index (χ0) is 20.6. The fourth-order valence-electron chi connectivity index (χ4n) is 2.19. The van der Waals surface area contributed by atoms with Crippen LogP contribution in [0.15, 0.2) is 53.4 Å². The number of thioether (sulfide) groups is 1. The number of rotatable bonds is 8. The van der Waals surface area contributed by atoms with Crippen LogP contribution in [-0.2, 0) is 15.7 Å². The van der Waals surface area contributed by atoms with Crippen molar-refractivity contribution >= 4 is 29.3 Å². The molecule has 4 nitrogen and oxygen atoms in total. The van der Waals surface area contributed by atoms with Crippen molar-refractivity contribution in [3.63, 3.8) is 0 Å². The van der Waals surface area contributed by atoms with Crippen molar-refractivity contribution in [1.29, 1.82) is 0 Å². The van der Waals surface area contributed by atoms with Gasteiger partial charge in [0, 0.05) is 10.6 Å². The number of nitrogens with one attached hydrogen (secondary N) is 1. The second-order valence-corrected chi connectivity index (χ2v) is 6.98. The summed E-state index contributed by atoms with van der Waals surface area (Å²) < 4.78 is 43.2. The smallest absolute Gasteiger partial charge is 0.416 e. The van der Waals surface area contributed by atoms with Crippen molar-refractivity contribution in [3.8, 4) is 0 Å². The van der Waals surface area contributed by atoms with Crippen LogP contribution in [-0.4, -0.2) is 24.2 Å². The summed E-state index contributed by atoms with van der Waals surface area (Å²) in [6, 6.07) is 11.1. The minimum atomic E-state index is -4.42. The van der Waals surface area contributed by atoms with Crippen molar-refractivity contribution in [2.45, 2.75) is 30.8 Å². The van der Waals surface area contributed by atoms with E-state index in [1.807, 2.05) is 6.92 Å². The van der Waals surface area contributed by atoms with E-state index >= 15 is 0 Å². The van der Waals surface area contributed by atoms with Crippen LogP contribution in [0.25, 0.3) is 0 Å². The van der Waals surface area contributed by atoms with Crippen LogP contribution in [0.5, 0.6) is 0 Å². The lowest BCUT2D eigenvalue weighted by atomic mass is 10.2. The highest BCUT2D eigenvalue weighted by atomic mass is 32.2. The lowest BCUT2D eigenvalue weighted by Crippen LogP contribution is -2.14. The maximum Gasteiger partial charge on any atom is 0.416 e. The Balaban J connectivity index is 1.85. The van der Waals surface area contributed by atoms with E-state index in [1.165, 1.54) is 12.1 Å². The SMILES string of the molecule is CCCCOC(=O)c1ccc(NC(=O)CSc2cccc(C(F)(F)F)c2)cc1. The van der Waals surface area contributed by atoms with Gasteiger partial charge >= 0.3 is 12.1 Å². The Morgan fingerprint density at radius 2 is 1.82 bits per heavy atom. The summed E-state index contributed by atoms with van der Waals surface area (Å²) in [6.07, 6.45) is -2.70. The third-order valence-corrected chi connectivity index (χ3v) is 4.66. The molecule has 0 aliphatic heterocycles. The average Bonchev–Trinajstić information content (AvgIpc) is 2.66. The molecule has 0 saturated heterocycles. The maximum absolute atomic E-state index is 12.7. The number of carbonyl (C=O) groups excluding carboxylic acids is 2. The lowest BCUT2D eigenvalue weighted by molar-refractivity contribution is -0.137. The van der Waals surface area contributed by atoms with Gasteiger partial charge in [-0.1, -0.05) is 19.4 Å². The van der Waals surface area contributed by atoms with Crippen LogP contribution in [0.4, 0.5) is 18.9 Å². The Hall–Kier alpha value is -2.48. The fraction of sp³-hybridized carbons (Fsp3) is 0.300. The molecule has 1 N–H and O–H groups in total. The highest BCUT2D eigenvalue weighted by Gasteiger charge is 2.30. The number of unbranched alkanes of at least 4 members (excludes halogenated alkanes) is 1. The van der Waals surface area contributed by atoms with Gasteiger partial charge in [0.2, 0.25) is 5.91 Å². The van der Waals surface area contributed by atoms with Crippen LogP contribution >= 0.6 is 11.8 Å². The molecule has 0 aliphatic rings. The molecule has 0 fully saturated rings. The van der Waals surface area contributed by atoms with Gasteiger partial charge < -0.3 is 10.1 Å². The third kappa shape index (κ3) is 6.92. The predicted molar refractivity (Wildman–Crippen MR) is 102 cm³/mol. The number of hydrogen-bond donors (Lipinski definition) is 1. The zero-order valence-electron chi connectivity index (χ0n) is 15.2. The second-order valence-electron chi connectivity index (χ2n) is 5.93. The van der Waals surface area contributed by atoms with E-state index in [1.54, 1.807) is 24.3 Å². The van der Waals surface area contributed by atoms with Crippen molar-refractivity contribution in [3.05, 3.63) is 59.7 Å². The largest absolute Gasteiger partial charge is 0.462 e. The number of alkyl halides is 3. The Bertz CT molecular complexity index is 807. The van der Waals surface area contributed by atoms with Crippen LogP contribution in [0, 0.1) is 0 Å². The van der Waals surface area contributed by atoms with Crippen molar-refractivity contribution in [2.75, 3.05) is 17.7 Å². The topological polar surface area (TPSA) is 55.4 Å². The van der Waals surface area contributed by atoms with Crippen molar-refractivity contribution in [2.24, 2.45) is 0 Å². The molecule has 0 radical (unpaired) electrons. The molecule has 0 spiro atoms. The average molecular weight is 411 g/mol. The molecule has 0 atom stereocenters. The first kappa shape index (κ1) is 21.8. The number of hydrogen-bond acceptors (Lipinski definition) is 4. The summed E-state index contributed by atoms with van der Waals surface area (Å²) >= 11 is 1.01. The first-order valence-corrected chi connectivity index (χ1v) is 9.65. The van der Waals surface area contributed by atoms with Gasteiger partial charge in [-0.05, 0) is 48.9 Å². The molecule has 150 valence electrons. The Morgan fingerprint density at radius 3 is 2.46 bits per heavy atom. The number of halogens is 3. The summed E-state index contributed by atoms with van der Waals surface area (Å²) in [6.45, 7) is 2.36. The van der Waals surface area contributed by atoms with E-state index in [0.717, 1.165) is 36.7 Å². The van der Waals surface area contributed by atoms with Gasteiger partial charge in [0.15, 0.2) is 0 Å². The van der Waals surface area contributed by atoms with E-state index in [9.17, 15) is 22.8 Å². The second kappa shape index (κ2) is 10.2. The lowest BCUT2D eigenvalue weighted by Gasteiger charge is -2.09. The van der Waals surface area contributed by atoms with Crippen LogP contribution in [0.3, 0.4) is 0 Å². The predicted octanol–water partition coefficient (Wildman–Crippen LogP) is 5.39. The minimum absolute atomic E-state index is 0.0396. The summed E-state index contributed by atoms with van der Waals surface area (Å²) in [5.41, 5.74) is 0.117. The molecule has 0 heterocycles. The van der Waals surface area contributed by atoms with Gasteiger partial charge in [0.1, 0.15) is 0 Å². The van der Waals surface area contributed by atoms with Crippen LogP contribution in [0.1, 0.15) is 35.7 Å². The first-order valence-electron chi connectivity index (χ1n) is 8.66. The summed E-state index contributed by atoms with van der Waals surface area (Å²) in [5, 5.41) is 2.64. The van der Waals surface area contributed by atoms with Crippen molar-refractivity contribution < 1.29 is 27.5 Å². The molecule has 0 unspecified atom stereocenters. The molecule has 2 aromatic rings. The minimum Gasteiger partial charge on any atom is -0.462 e. The molecular weight excluding hydrogens is 391 g/mol. The van der Waals surface area contributed by atoms with E-state index in [4.69, 9.17) is 4.74 Å². The number of ether oxygens (including phenoxy) is 1. The summed E-state index contributed by atoms with van der Waals surface area (Å²) in [7, 11) is 0. The first-order chi connectivity index (χ1) is 13.3. The Morgan fingerprint density at radius 1 is 1.11 bits per heavy atom. The molecule has 2 aromatic carbocycles. The van der Waals surface area contributed by atoms with Gasteiger partial charge in [0.05, 0.1) is 23.5 Å². The zero-order valence-corrected chi connectivity index (χ0v) is 16.0. The normalized spacial score (nSPS) is 11.1. The maximum atomic E-state index is 12.7. The number of anilines is 1. The summed E-state index contributed by atoms with van der Waals surface area (Å²) in [4.78, 5) is 24.2. The highest BCUT2D eigenvalue weighted by Crippen LogP contribution is 2.31. The molecular formula is C20H20F3NO3S. The quantitative estimate of drug-likeness (QED) is 0.359. The Kier molecular flexibility index (Phi) is 7.92. The van der Waals surface area contributed by atoms with E-state index in [-0.39, 0.29) is 11.7 Å². The standard InChI is InChI=1S/C20H20F3NO3S/c1-2-3-11-27-19(26)14-7-9-16(10-8-14)24-18(25)13-28-17-6-4-5-15(12-17)20(21,22)23/h4-10,12H,2-3,11,13H2,1H3,(H,24,25). The Labute approximate surface area is 165 Å². The molecule has 2 rings (SSSR count). The molecule has 8 heteroatoms. The molecule has 1 amide bonds. The van der Waals surface area contributed by atoms with E-state index in [0.29, 0.717) is 22.8 Å². The van der Waals surface area contributed by atoms with Crippen molar-refractivity contribution in [1.82, 2.24) is 0 Å². The summed E-state index contributed by atoms with van der Waals surface area (Å²) in [5.74, 6) is -0.825. The van der Waals surface area contributed by atoms with E-state index in [2.05, 4.69) is 5.32 Å². The third-order valence-electron chi connectivity index (χ3n) is 3.67. The molecule has 0 bridgehead atoms.